The molecule has 2 fully saturated rings. The van der Waals surface area contributed by atoms with Crippen LogP contribution >= 0.6 is 0 Å². The van der Waals surface area contributed by atoms with E-state index in [1.807, 2.05) is 23.1 Å². The number of ether oxygens (including phenoxy) is 1. The van der Waals surface area contributed by atoms with E-state index in [4.69, 9.17) is 4.74 Å². The summed E-state index contributed by atoms with van der Waals surface area (Å²) in [6.45, 7) is 0.438. The molecule has 18 heavy (non-hydrogen) atoms. The van der Waals surface area contributed by atoms with Gasteiger partial charge in [-0.2, -0.15) is 0 Å². The molecule has 3 rings (SSSR count). The molecule has 1 aliphatic carbocycles. The van der Waals surface area contributed by atoms with Gasteiger partial charge in [-0.25, -0.2) is 0 Å². The van der Waals surface area contributed by atoms with E-state index in [-0.39, 0.29) is 12.1 Å². The van der Waals surface area contributed by atoms with Crippen molar-refractivity contribution in [1.82, 2.24) is 10.2 Å². The maximum Gasteiger partial charge on any atom is 0.238 e. The number of methoxy groups -OCH3 is 1. The third-order valence-corrected chi connectivity index (χ3v) is 3.92. The van der Waals surface area contributed by atoms with Crippen LogP contribution in [0.4, 0.5) is 0 Å². The molecule has 1 aromatic carbocycles. The number of benzene rings is 1. The van der Waals surface area contributed by atoms with E-state index in [0.717, 1.165) is 18.4 Å². The Morgan fingerprint density at radius 2 is 2.00 bits per heavy atom. The van der Waals surface area contributed by atoms with Crippen LogP contribution < -0.4 is 5.32 Å². The number of nitrogens with one attached hydrogen (secondary N) is 1. The predicted octanol–water partition coefficient (Wildman–Crippen LogP) is 1.29. The van der Waals surface area contributed by atoms with E-state index in [1.54, 1.807) is 7.11 Å². The molecule has 1 saturated heterocycles. The van der Waals surface area contributed by atoms with Crippen LogP contribution in [0.1, 0.15) is 24.6 Å². The summed E-state index contributed by atoms with van der Waals surface area (Å²) in [5.74, 6) is 0.198. The van der Waals surface area contributed by atoms with E-state index in [0.29, 0.717) is 18.7 Å². The molecular weight excluding hydrogens is 228 g/mol. The van der Waals surface area contributed by atoms with Crippen molar-refractivity contribution in [2.45, 2.75) is 31.2 Å². The lowest BCUT2D eigenvalue weighted by atomic mass is 9.87. The first-order valence-electron chi connectivity index (χ1n) is 6.42. The second-order valence-corrected chi connectivity index (χ2v) is 4.98. The molecule has 1 aliphatic heterocycles. The minimum absolute atomic E-state index is 0.0292. The lowest BCUT2D eigenvalue weighted by Crippen LogP contribution is -2.49. The van der Waals surface area contributed by atoms with Gasteiger partial charge in [-0.15, -0.1) is 0 Å². The molecule has 96 valence electrons. The Morgan fingerprint density at radius 3 is 2.67 bits per heavy atom. The zero-order valence-electron chi connectivity index (χ0n) is 10.5. The zero-order chi connectivity index (χ0) is 12.5. The number of carbonyl (C=O) groups is 1. The second-order valence-electron chi connectivity index (χ2n) is 4.98. The van der Waals surface area contributed by atoms with Crippen molar-refractivity contribution in [2.75, 3.05) is 13.7 Å². The van der Waals surface area contributed by atoms with Crippen molar-refractivity contribution in [3.05, 3.63) is 35.9 Å². The number of amides is 1. The van der Waals surface area contributed by atoms with Crippen LogP contribution in [0.5, 0.6) is 0 Å². The summed E-state index contributed by atoms with van der Waals surface area (Å²) >= 11 is 0. The number of nitrogens with zero attached hydrogens (tertiary/aromatic N) is 1. The van der Waals surface area contributed by atoms with Crippen LogP contribution in [0.3, 0.4) is 0 Å². The number of hydrogen-bond acceptors (Lipinski definition) is 3. The van der Waals surface area contributed by atoms with E-state index < -0.39 is 0 Å². The van der Waals surface area contributed by atoms with E-state index in [9.17, 15) is 4.79 Å². The fourth-order valence-electron chi connectivity index (χ4n) is 2.80. The van der Waals surface area contributed by atoms with Crippen LogP contribution in [0.25, 0.3) is 0 Å². The maximum absolute atomic E-state index is 12.0. The Morgan fingerprint density at radius 1 is 1.28 bits per heavy atom. The Hall–Kier alpha value is -1.39. The molecule has 0 aromatic heterocycles. The van der Waals surface area contributed by atoms with Gasteiger partial charge >= 0.3 is 0 Å². The Balaban J connectivity index is 1.76. The summed E-state index contributed by atoms with van der Waals surface area (Å²) in [5, 5.41) is 3.29. The lowest BCUT2D eigenvalue weighted by molar-refractivity contribution is -0.135. The Kier molecular flexibility index (Phi) is 3.06. The summed E-state index contributed by atoms with van der Waals surface area (Å²) in [6, 6.07) is 10.5. The van der Waals surface area contributed by atoms with Gasteiger partial charge in [-0.1, -0.05) is 30.3 Å². The van der Waals surface area contributed by atoms with Gasteiger partial charge in [0.05, 0.1) is 12.6 Å². The predicted molar refractivity (Wildman–Crippen MR) is 67.9 cm³/mol. The summed E-state index contributed by atoms with van der Waals surface area (Å²) in [7, 11) is 1.74. The molecule has 1 unspecified atom stereocenters. The highest BCUT2D eigenvalue weighted by atomic mass is 16.5. The third kappa shape index (κ3) is 1.91. The van der Waals surface area contributed by atoms with Gasteiger partial charge in [0.25, 0.3) is 0 Å². The van der Waals surface area contributed by atoms with Crippen molar-refractivity contribution in [2.24, 2.45) is 0 Å². The van der Waals surface area contributed by atoms with Gasteiger partial charge in [0.1, 0.15) is 6.17 Å². The molecule has 1 atom stereocenters. The topological polar surface area (TPSA) is 41.6 Å². The lowest BCUT2D eigenvalue weighted by Gasteiger charge is -2.42. The van der Waals surface area contributed by atoms with Crippen molar-refractivity contribution < 1.29 is 9.53 Å². The normalized spacial score (nSPS) is 31.5. The van der Waals surface area contributed by atoms with E-state index in [2.05, 4.69) is 17.4 Å². The highest BCUT2D eigenvalue weighted by Gasteiger charge is 2.42. The van der Waals surface area contributed by atoms with Crippen LogP contribution in [-0.2, 0) is 9.53 Å². The maximum atomic E-state index is 12.0. The van der Waals surface area contributed by atoms with Gasteiger partial charge in [-0.3, -0.25) is 10.1 Å². The van der Waals surface area contributed by atoms with Gasteiger partial charge in [-0.05, 0) is 18.4 Å². The number of carbonyl (C=O) groups excluding carboxylic acids is 1. The monoisotopic (exact) mass is 246 g/mol. The second kappa shape index (κ2) is 4.71. The Bertz CT molecular complexity index is 429. The fourth-order valence-corrected chi connectivity index (χ4v) is 2.80. The first-order valence-corrected chi connectivity index (χ1v) is 6.42. The van der Waals surface area contributed by atoms with Crippen LogP contribution in [0, 0.1) is 0 Å². The minimum atomic E-state index is 0.0292. The van der Waals surface area contributed by atoms with Crippen molar-refractivity contribution >= 4 is 5.91 Å². The first kappa shape index (κ1) is 11.7. The highest BCUT2D eigenvalue weighted by Crippen LogP contribution is 2.35. The SMILES string of the molecule is COC1CC(N2C(=O)CNC2c2ccccc2)C1. The molecule has 4 nitrogen and oxygen atoms in total. The largest absolute Gasteiger partial charge is 0.381 e. The molecule has 4 heteroatoms. The van der Waals surface area contributed by atoms with Gasteiger partial charge in [0, 0.05) is 13.2 Å². The molecule has 2 aliphatic rings. The van der Waals surface area contributed by atoms with Crippen LogP contribution in [0.2, 0.25) is 0 Å². The molecule has 0 radical (unpaired) electrons. The number of hydrogen-bond donors (Lipinski definition) is 1. The standard InChI is InChI=1S/C14H18N2O2/c1-18-12-7-11(8-12)16-13(17)9-15-14(16)10-5-3-2-4-6-10/h2-6,11-12,14-15H,7-9H2,1H3. The average molecular weight is 246 g/mol. The zero-order valence-corrected chi connectivity index (χ0v) is 10.5. The van der Waals surface area contributed by atoms with E-state index >= 15 is 0 Å². The molecule has 1 aromatic rings. The molecule has 1 saturated carbocycles. The van der Waals surface area contributed by atoms with Crippen molar-refractivity contribution in [3.63, 3.8) is 0 Å². The fraction of sp³-hybridized carbons (Fsp3) is 0.500. The Labute approximate surface area is 107 Å². The summed E-state index contributed by atoms with van der Waals surface area (Å²) < 4.78 is 5.29. The molecular formula is C14H18N2O2. The molecule has 0 spiro atoms. The molecule has 1 N–H and O–H groups in total. The van der Waals surface area contributed by atoms with E-state index in [1.165, 1.54) is 0 Å². The van der Waals surface area contributed by atoms with Gasteiger partial charge in [0.15, 0.2) is 0 Å². The first-order chi connectivity index (χ1) is 8.79. The minimum Gasteiger partial charge on any atom is -0.381 e. The molecule has 1 amide bonds. The van der Waals surface area contributed by atoms with Crippen molar-refractivity contribution in [1.29, 1.82) is 0 Å². The molecule has 0 bridgehead atoms. The average Bonchev–Trinajstić information content (AvgIpc) is 2.72. The quantitative estimate of drug-likeness (QED) is 0.874. The molecule has 1 heterocycles. The third-order valence-electron chi connectivity index (χ3n) is 3.92. The summed E-state index contributed by atoms with van der Waals surface area (Å²) in [4.78, 5) is 14.0. The highest BCUT2D eigenvalue weighted by molar-refractivity contribution is 5.81. The summed E-state index contributed by atoms with van der Waals surface area (Å²) in [6.07, 6.45) is 2.25. The van der Waals surface area contributed by atoms with Crippen LogP contribution in [-0.4, -0.2) is 36.6 Å². The van der Waals surface area contributed by atoms with Crippen LogP contribution in [0.15, 0.2) is 30.3 Å². The van der Waals surface area contributed by atoms with Gasteiger partial charge in [0.2, 0.25) is 5.91 Å². The van der Waals surface area contributed by atoms with Crippen molar-refractivity contribution in [3.8, 4) is 0 Å². The number of rotatable bonds is 3. The smallest absolute Gasteiger partial charge is 0.238 e. The summed E-state index contributed by atoms with van der Waals surface area (Å²) in [5.41, 5.74) is 1.16. The van der Waals surface area contributed by atoms with Gasteiger partial charge < -0.3 is 9.64 Å².